The number of unbranched alkanes of at least 4 members (excludes halogenated alkanes) is 16. The van der Waals surface area contributed by atoms with Gasteiger partial charge in [0, 0.05) is 12.8 Å². The van der Waals surface area contributed by atoms with E-state index in [2.05, 4.69) is 74.6 Å². The molecule has 0 saturated heterocycles. The van der Waals surface area contributed by atoms with Gasteiger partial charge in [0.05, 0.1) is 6.61 Å². The molecule has 0 spiro atoms. The Morgan fingerprint density at radius 2 is 0.872 bits per heavy atom. The molecular weight excluding hydrogens is 584 g/mol. The average molecular weight is 657 g/mol. The van der Waals surface area contributed by atoms with Crippen LogP contribution in [0, 0.1) is 0 Å². The van der Waals surface area contributed by atoms with E-state index in [1.807, 2.05) is 0 Å². The fraction of sp³-hybridized carbons (Fsp3) is 0.714. The molecule has 0 rings (SSSR count). The zero-order valence-corrected chi connectivity index (χ0v) is 30.5. The maximum absolute atomic E-state index is 12.2. The molecule has 5 nitrogen and oxygen atoms in total. The van der Waals surface area contributed by atoms with Crippen LogP contribution in [0.3, 0.4) is 0 Å². The molecule has 0 saturated carbocycles. The first kappa shape index (κ1) is 44.6. The van der Waals surface area contributed by atoms with Crippen molar-refractivity contribution in [3.63, 3.8) is 0 Å². The van der Waals surface area contributed by atoms with Crippen molar-refractivity contribution >= 4 is 11.9 Å². The fourth-order valence-electron chi connectivity index (χ4n) is 5.05. The molecule has 5 heteroatoms. The van der Waals surface area contributed by atoms with Crippen molar-refractivity contribution < 1.29 is 24.2 Å². The van der Waals surface area contributed by atoms with Crippen LogP contribution in [0.15, 0.2) is 60.8 Å². The lowest BCUT2D eigenvalue weighted by Gasteiger charge is -2.15. The predicted molar refractivity (Wildman–Crippen MR) is 200 cm³/mol. The SMILES string of the molecule is CCCC/C=C\C/C=C\CCCCCCCC(=O)OC[C@H](CO)OC(=O)CCCCCCCC/C=C\C/C=C\C/C=C\CCCCC. The summed E-state index contributed by atoms with van der Waals surface area (Å²) in [5.41, 5.74) is 0. The van der Waals surface area contributed by atoms with Crippen LogP contribution in [0.25, 0.3) is 0 Å². The largest absolute Gasteiger partial charge is 0.462 e. The minimum absolute atomic E-state index is 0.0809. The van der Waals surface area contributed by atoms with E-state index in [1.165, 1.54) is 77.0 Å². The quantitative estimate of drug-likeness (QED) is 0.0424. The highest BCUT2D eigenvalue weighted by Gasteiger charge is 2.16. The highest BCUT2D eigenvalue weighted by Crippen LogP contribution is 2.12. The summed E-state index contributed by atoms with van der Waals surface area (Å²) < 4.78 is 10.6. The van der Waals surface area contributed by atoms with Gasteiger partial charge in [-0.05, 0) is 77.0 Å². The first-order chi connectivity index (χ1) is 23.1. The summed E-state index contributed by atoms with van der Waals surface area (Å²) >= 11 is 0. The average Bonchev–Trinajstić information content (AvgIpc) is 3.07. The third kappa shape index (κ3) is 36.3. The zero-order valence-electron chi connectivity index (χ0n) is 30.5. The number of aliphatic hydroxyl groups excluding tert-OH is 1. The van der Waals surface area contributed by atoms with Crippen molar-refractivity contribution in [1.29, 1.82) is 0 Å². The van der Waals surface area contributed by atoms with Gasteiger partial charge < -0.3 is 14.6 Å². The fourth-order valence-corrected chi connectivity index (χ4v) is 5.05. The molecule has 0 aliphatic rings. The van der Waals surface area contributed by atoms with E-state index in [0.717, 1.165) is 70.6 Å². The Morgan fingerprint density at radius 3 is 1.34 bits per heavy atom. The number of carbonyl (C=O) groups excluding carboxylic acids is 2. The van der Waals surface area contributed by atoms with Gasteiger partial charge in [-0.15, -0.1) is 0 Å². The molecule has 47 heavy (non-hydrogen) atoms. The number of hydrogen-bond acceptors (Lipinski definition) is 5. The van der Waals surface area contributed by atoms with Gasteiger partial charge in [0.25, 0.3) is 0 Å². The molecule has 1 atom stereocenters. The Kier molecular flexibility index (Phi) is 36.1. The van der Waals surface area contributed by atoms with Gasteiger partial charge in [-0.25, -0.2) is 0 Å². The van der Waals surface area contributed by atoms with Gasteiger partial charge in [-0.2, -0.15) is 0 Å². The molecule has 0 aromatic rings. The summed E-state index contributed by atoms with van der Waals surface area (Å²) in [4.78, 5) is 24.2. The molecule has 0 aromatic carbocycles. The maximum atomic E-state index is 12.2. The van der Waals surface area contributed by atoms with Crippen LogP contribution in [0.2, 0.25) is 0 Å². The third-order valence-electron chi connectivity index (χ3n) is 8.03. The van der Waals surface area contributed by atoms with Crippen LogP contribution < -0.4 is 0 Å². The molecule has 0 bridgehead atoms. The molecule has 0 aliphatic heterocycles. The van der Waals surface area contributed by atoms with Crippen molar-refractivity contribution in [3.8, 4) is 0 Å². The Labute approximate surface area is 290 Å². The minimum atomic E-state index is -0.785. The van der Waals surface area contributed by atoms with Gasteiger partial charge in [-0.1, -0.05) is 145 Å². The summed E-state index contributed by atoms with van der Waals surface area (Å²) in [5.74, 6) is -0.626. The second-order valence-corrected chi connectivity index (χ2v) is 12.6. The highest BCUT2D eigenvalue weighted by molar-refractivity contribution is 5.70. The van der Waals surface area contributed by atoms with Crippen LogP contribution in [-0.4, -0.2) is 36.4 Å². The molecule has 270 valence electrons. The Balaban J connectivity index is 3.63. The number of rotatable bonds is 34. The maximum Gasteiger partial charge on any atom is 0.306 e. The van der Waals surface area contributed by atoms with E-state index in [-0.39, 0.29) is 25.2 Å². The lowest BCUT2D eigenvalue weighted by atomic mass is 10.1. The summed E-state index contributed by atoms with van der Waals surface area (Å²) in [5, 5.41) is 9.54. The third-order valence-corrected chi connectivity index (χ3v) is 8.03. The Bertz CT molecular complexity index is 838. The van der Waals surface area contributed by atoms with Crippen LogP contribution in [-0.2, 0) is 19.1 Å². The molecular formula is C42H72O5. The number of carbonyl (C=O) groups is 2. The number of hydrogen-bond donors (Lipinski definition) is 1. The smallest absolute Gasteiger partial charge is 0.306 e. The van der Waals surface area contributed by atoms with E-state index >= 15 is 0 Å². The number of aliphatic hydroxyl groups is 1. The summed E-state index contributed by atoms with van der Waals surface area (Å²) in [6.45, 7) is 4.03. The summed E-state index contributed by atoms with van der Waals surface area (Å²) in [7, 11) is 0. The second kappa shape index (κ2) is 38.1. The topological polar surface area (TPSA) is 72.8 Å². The monoisotopic (exact) mass is 657 g/mol. The van der Waals surface area contributed by atoms with Crippen LogP contribution in [0.4, 0.5) is 0 Å². The van der Waals surface area contributed by atoms with Crippen LogP contribution >= 0.6 is 0 Å². The lowest BCUT2D eigenvalue weighted by molar-refractivity contribution is -0.161. The molecule has 0 unspecified atom stereocenters. The van der Waals surface area contributed by atoms with Crippen molar-refractivity contribution in [2.45, 2.75) is 180 Å². The lowest BCUT2D eigenvalue weighted by Crippen LogP contribution is -2.28. The molecule has 0 radical (unpaired) electrons. The van der Waals surface area contributed by atoms with Gasteiger partial charge in [0.15, 0.2) is 6.10 Å². The predicted octanol–water partition coefficient (Wildman–Crippen LogP) is 12.0. The highest BCUT2D eigenvalue weighted by atomic mass is 16.6. The minimum Gasteiger partial charge on any atom is -0.462 e. The van der Waals surface area contributed by atoms with Gasteiger partial charge in [0.2, 0.25) is 0 Å². The van der Waals surface area contributed by atoms with Gasteiger partial charge >= 0.3 is 11.9 Å². The van der Waals surface area contributed by atoms with E-state index in [1.54, 1.807) is 0 Å². The summed E-state index contributed by atoms with van der Waals surface area (Å²) in [6, 6.07) is 0. The first-order valence-corrected chi connectivity index (χ1v) is 19.3. The number of ether oxygens (including phenoxy) is 2. The van der Waals surface area contributed by atoms with Crippen LogP contribution in [0.5, 0.6) is 0 Å². The number of allylic oxidation sites excluding steroid dienone is 10. The molecule has 0 amide bonds. The molecule has 0 heterocycles. The van der Waals surface area contributed by atoms with E-state index < -0.39 is 6.10 Å². The van der Waals surface area contributed by atoms with Crippen molar-refractivity contribution in [1.82, 2.24) is 0 Å². The Hall–Kier alpha value is -2.40. The second-order valence-electron chi connectivity index (χ2n) is 12.6. The van der Waals surface area contributed by atoms with Gasteiger partial charge in [-0.3, -0.25) is 9.59 Å². The first-order valence-electron chi connectivity index (χ1n) is 19.3. The van der Waals surface area contributed by atoms with Crippen molar-refractivity contribution in [2.24, 2.45) is 0 Å². The standard InChI is InChI=1S/C42H72O5/c1-3-5-7-9-11-13-15-17-19-20-21-22-23-25-27-29-31-33-35-37-42(45)47-40(38-43)39-46-41(44)36-34-32-30-28-26-24-18-16-14-12-10-8-6-4-2/h10-13,16-19,21-22,40,43H,3-9,14-15,20,23-39H2,1-2H3/b12-10-,13-11-,18-16-,19-17-,22-21-/t40-/m0/s1. The van der Waals surface area contributed by atoms with Gasteiger partial charge in [0.1, 0.15) is 6.61 Å². The van der Waals surface area contributed by atoms with E-state index in [0.29, 0.717) is 12.8 Å². The van der Waals surface area contributed by atoms with Crippen LogP contribution in [0.1, 0.15) is 174 Å². The number of esters is 2. The van der Waals surface area contributed by atoms with E-state index in [4.69, 9.17) is 9.47 Å². The van der Waals surface area contributed by atoms with E-state index in [9.17, 15) is 14.7 Å². The Morgan fingerprint density at radius 1 is 0.489 bits per heavy atom. The normalized spacial score (nSPS) is 12.8. The molecule has 1 N–H and O–H groups in total. The molecule has 0 aromatic heterocycles. The molecule has 0 fully saturated rings. The summed E-state index contributed by atoms with van der Waals surface area (Å²) in [6.07, 6.45) is 48.4. The van der Waals surface area contributed by atoms with Crippen molar-refractivity contribution in [2.75, 3.05) is 13.2 Å². The molecule has 0 aliphatic carbocycles. The van der Waals surface area contributed by atoms with Crippen molar-refractivity contribution in [3.05, 3.63) is 60.8 Å². The zero-order chi connectivity index (χ0) is 34.3.